The van der Waals surface area contributed by atoms with Crippen molar-refractivity contribution in [1.82, 2.24) is 10.2 Å². The van der Waals surface area contributed by atoms with Gasteiger partial charge in [-0.1, -0.05) is 6.92 Å². The fourth-order valence-corrected chi connectivity index (χ4v) is 2.73. The van der Waals surface area contributed by atoms with Gasteiger partial charge in [0, 0.05) is 31.1 Å². The number of nitrogens with zero attached hydrogens (tertiary/aromatic N) is 1. The van der Waals surface area contributed by atoms with E-state index in [0.29, 0.717) is 19.1 Å². The molecule has 104 valence electrons. The molecule has 1 saturated heterocycles. The van der Waals surface area contributed by atoms with Crippen molar-refractivity contribution in [1.29, 1.82) is 0 Å². The Morgan fingerprint density at radius 1 is 1.44 bits per heavy atom. The van der Waals surface area contributed by atoms with Gasteiger partial charge in [0.05, 0.1) is 13.2 Å². The summed E-state index contributed by atoms with van der Waals surface area (Å²) in [5, 5.41) is 13.6. The lowest BCUT2D eigenvalue weighted by molar-refractivity contribution is 0.0325. The summed E-state index contributed by atoms with van der Waals surface area (Å²) in [5.74, 6) is 0.152. The SMILES string of the molecule is CCC(O)C1CC(NC2CC2)CN(C(=O)OC)C1. The van der Waals surface area contributed by atoms with Gasteiger partial charge in [-0.3, -0.25) is 0 Å². The molecule has 3 atom stereocenters. The van der Waals surface area contributed by atoms with E-state index in [0.717, 1.165) is 12.8 Å². The number of hydrogen-bond acceptors (Lipinski definition) is 4. The molecule has 2 fully saturated rings. The Kier molecular flexibility index (Phi) is 4.45. The van der Waals surface area contributed by atoms with Crippen molar-refractivity contribution in [3.63, 3.8) is 0 Å². The van der Waals surface area contributed by atoms with Crippen LogP contribution in [0.3, 0.4) is 0 Å². The molecule has 5 heteroatoms. The maximum absolute atomic E-state index is 11.7. The summed E-state index contributed by atoms with van der Waals surface area (Å²) >= 11 is 0. The van der Waals surface area contributed by atoms with E-state index in [2.05, 4.69) is 5.32 Å². The fourth-order valence-electron chi connectivity index (χ4n) is 2.73. The van der Waals surface area contributed by atoms with Gasteiger partial charge in [0.25, 0.3) is 0 Å². The van der Waals surface area contributed by atoms with E-state index in [1.165, 1.54) is 20.0 Å². The Balaban J connectivity index is 1.96. The molecule has 1 saturated carbocycles. The number of ether oxygens (including phenoxy) is 1. The van der Waals surface area contributed by atoms with Crippen LogP contribution in [0.2, 0.25) is 0 Å². The Hall–Kier alpha value is -0.810. The number of carbonyl (C=O) groups excluding carboxylic acids is 1. The first-order chi connectivity index (χ1) is 8.63. The van der Waals surface area contributed by atoms with E-state index >= 15 is 0 Å². The van der Waals surface area contributed by atoms with E-state index < -0.39 is 0 Å². The molecule has 0 aromatic rings. The van der Waals surface area contributed by atoms with Gasteiger partial charge in [0.2, 0.25) is 0 Å². The normalized spacial score (nSPS) is 30.1. The second kappa shape index (κ2) is 5.89. The molecule has 3 unspecified atom stereocenters. The summed E-state index contributed by atoms with van der Waals surface area (Å²) in [4.78, 5) is 13.4. The first kappa shape index (κ1) is 13.6. The molecule has 0 radical (unpaired) electrons. The summed E-state index contributed by atoms with van der Waals surface area (Å²) in [5.41, 5.74) is 0. The van der Waals surface area contributed by atoms with Crippen molar-refractivity contribution >= 4 is 6.09 Å². The average molecular weight is 256 g/mol. The lowest BCUT2D eigenvalue weighted by Gasteiger charge is -2.39. The van der Waals surface area contributed by atoms with E-state index in [4.69, 9.17) is 4.74 Å². The smallest absolute Gasteiger partial charge is 0.409 e. The van der Waals surface area contributed by atoms with Gasteiger partial charge in [0.15, 0.2) is 0 Å². The summed E-state index contributed by atoms with van der Waals surface area (Å²) in [6.45, 7) is 3.27. The minimum absolute atomic E-state index is 0.152. The molecule has 2 aliphatic rings. The number of hydrogen-bond donors (Lipinski definition) is 2. The first-order valence-corrected chi connectivity index (χ1v) is 6.91. The van der Waals surface area contributed by atoms with Crippen molar-refractivity contribution in [2.75, 3.05) is 20.2 Å². The highest BCUT2D eigenvalue weighted by atomic mass is 16.5. The number of methoxy groups -OCH3 is 1. The maximum atomic E-state index is 11.7. The lowest BCUT2D eigenvalue weighted by Crippen LogP contribution is -2.53. The molecular weight excluding hydrogens is 232 g/mol. The Labute approximate surface area is 108 Å². The van der Waals surface area contributed by atoms with Crippen molar-refractivity contribution in [3.8, 4) is 0 Å². The molecule has 1 aliphatic heterocycles. The van der Waals surface area contributed by atoms with Gasteiger partial charge < -0.3 is 20.1 Å². The summed E-state index contributed by atoms with van der Waals surface area (Å²) in [7, 11) is 1.41. The Morgan fingerprint density at radius 3 is 2.72 bits per heavy atom. The Morgan fingerprint density at radius 2 is 2.17 bits per heavy atom. The van der Waals surface area contributed by atoms with Crippen LogP contribution >= 0.6 is 0 Å². The topological polar surface area (TPSA) is 61.8 Å². The molecule has 5 nitrogen and oxygen atoms in total. The molecule has 2 rings (SSSR count). The highest BCUT2D eigenvalue weighted by Gasteiger charge is 2.35. The maximum Gasteiger partial charge on any atom is 0.409 e. The van der Waals surface area contributed by atoms with Crippen molar-refractivity contribution in [3.05, 3.63) is 0 Å². The number of likely N-dealkylation sites (tertiary alicyclic amines) is 1. The van der Waals surface area contributed by atoms with E-state index in [1.54, 1.807) is 4.90 Å². The zero-order chi connectivity index (χ0) is 13.1. The highest BCUT2D eigenvalue weighted by molar-refractivity contribution is 5.67. The van der Waals surface area contributed by atoms with Crippen LogP contribution in [-0.4, -0.2) is 54.5 Å². The second-order valence-corrected chi connectivity index (χ2v) is 5.48. The average Bonchev–Trinajstić information content (AvgIpc) is 3.20. The number of rotatable bonds is 4. The number of nitrogens with one attached hydrogen (secondary N) is 1. The molecule has 0 aromatic carbocycles. The van der Waals surface area contributed by atoms with E-state index in [9.17, 15) is 9.90 Å². The van der Waals surface area contributed by atoms with Gasteiger partial charge in [-0.05, 0) is 25.7 Å². The second-order valence-electron chi connectivity index (χ2n) is 5.48. The minimum atomic E-state index is -0.332. The van der Waals surface area contributed by atoms with Crippen molar-refractivity contribution in [2.24, 2.45) is 5.92 Å². The molecule has 18 heavy (non-hydrogen) atoms. The fraction of sp³-hybridized carbons (Fsp3) is 0.923. The van der Waals surface area contributed by atoms with Gasteiger partial charge in [0.1, 0.15) is 0 Å². The molecule has 0 aromatic heterocycles. The quantitative estimate of drug-likeness (QED) is 0.786. The third-order valence-electron chi connectivity index (χ3n) is 3.93. The zero-order valence-electron chi connectivity index (χ0n) is 11.3. The zero-order valence-corrected chi connectivity index (χ0v) is 11.3. The van der Waals surface area contributed by atoms with Gasteiger partial charge >= 0.3 is 6.09 Å². The van der Waals surface area contributed by atoms with Crippen LogP contribution in [0, 0.1) is 5.92 Å². The number of carbonyl (C=O) groups is 1. The molecule has 1 heterocycles. The minimum Gasteiger partial charge on any atom is -0.453 e. The lowest BCUT2D eigenvalue weighted by atomic mass is 9.88. The summed E-state index contributed by atoms with van der Waals surface area (Å²) in [6, 6.07) is 0.906. The van der Waals surface area contributed by atoms with Crippen LogP contribution < -0.4 is 5.32 Å². The van der Waals surface area contributed by atoms with Crippen LogP contribution in [0.5, 0.6) is 0 Å². The Bertz CT molecular complexity index is 294. The number of aliphatic hydroxyl groups excluding tert-OH is 1. The van der Waals surface area contributed by atoms with Crippen LogP contribution in [0.25, 0.3) is 0 Å². The molecule has 2 N–H and O–H groups in total. The summed E-state index contributed by atoms with van der Waals surface area (Å²) < 4.78 is 4.80. The predicted octanol–water partition coefficient (Wildman–Crippen LogP) is 0.966. The molecule has 1 aliphatic carbocycles. The third-order valence-corrected chi connectivity index (χ3v) is 3.93. The molecular formula is C13H24N2O3. The molecule has 1 amide bonds. The van der Waals surface area contributed by atoms with E-state index in [1.807, 2.05) is 6.92 Å². The monoisotopic (exact) mass is 256 g/mol. The number of aliphatic hydroxyl groups is 1. The largest absolute Gasteiger partial charge is 0.453 e. The third kappa shape index (κ3) is 3.36. The number of piperidine rings is 1. The first-order valence-electron chi connectivity index (χ1n) is 6.91. The van der Waals surface area contributed by atoms with E-state index in [-0.39, 0.29) is 24.2 Å². The predicted molar refractivity (Wildman–Crippen MR) is 68.3 cm³/mol. The number of amides is 1. The summed E-state index contributed by atoms with van der Waals surface area (Å²) in [6.07, 6.45) is 3.52. The van der Waals surface area contributed by atoms with Crippen LogP contribution in [0.1, 0.15) is 32.6 Å². The van der Waals surface area contributed by atoms with Crippen molar-refractivity contribution in [2.45, 2.75) is 50.8 Å². The van der Waals surface area contributed by atoms with Gasteiger partial charge in [-0.15, -0.1) is 0 Å². The van der Waals surface area contributed by atoms with Gasteiger partial charge in [-0.2, -0.15) is 0 Å². The van der Waals surface area contributed by atoms with Crippen LogP contribution in [0.15, 0.2) is 0 Å². The van der Waals surface area contributed by atoms with Crippen LogP contribution in [-0.2, 0) is 4.74 Å². The van der Waals surface area contributed by atoms with Gasteiger partial charge in [-0.25, -0.2) is 4.79 Å². The highest BCUT2D eigenvalue weighted by Crippen LogP contribution is 2.26. The molecule has 0 bridgehead atoms. The molecule has 0 spiro atoms. The van der Waals surface area contributed by atoms with Crippen molar-refractivity contribution < 1.29 is 14.6 Å². The van der Waals surface area contributed by atoms with Crippen LogP contribution in [0.4, 0.5) is 4.79 Å². The standard InChI is InChI=1S/C13H24N2O3/c1-3-12(16)9-6-11(14-10-4-5-10)8-15(7-9)13(17)18-2/h9-12,14,16H,3-8H2,1-2H3.